The number of nitrogens with two attached hydrogens (primary N) is 2. The van der Waals surface area contributed by atoms with Crippen molar-refractivity contribution >= 4 is 53.3 Å². The molecule has 1 aliphatic rings. The van der Waals surface area contributed by atoms with Crippen molar-refractivity contribution in [2.75, 3.05) is 6.61 Å². The summed E-state index contributed by atoms with van der Waals surface area (Å²) < 4.78 is 10.7. The number of carbonyl (C=O) groups is 9. The molecule has 7 amide bonds. The largest absolute Gasteiger partial charge is 0.480 e. The first-order valence-corrected chi connectivity index (χ1v) is 17.6. The highest BCUT2D eigenvalue weighted by molar-refractivity contribution is 5.94. The van der Waals surface area contributed by atoms with E-state index < -0.39 is 146 Å². The summed E-state index contributed by atoms with van der Waals surface area (Å²) in [6, 6.07) is -9.33. The van der Waals surface area contributed by atoms with Gasteiger partial charge in [-0.2, -0.15) is 0 Å². The van der Waals surface area contributed by atoms with Gasteiger partial charge in [0.2, 0.25) is 41.4 Å². The van der Waals surface area contributed by atoms with Crippen LogP contribution in [0.2, 0.25) is 0 Å². The molecule has 12 atom stereocenters. The number of carboxylic acids is 2. The van der Waals surface area contributed by atoms with Gasteiger partial charge in [0.1, 0.15) is 60.7 Å². The van der Waals surface area contributed by atoms with Gasteiger partial charge < -0.3 is 78.4 Å². The van der Waals surface area contributed by atoms with E-state index in [1.807, 2.05) is 0 Å². The quantitative estimate of drug-likeness (QED) is 0.0457. The number of rotatable bonds is 23. The Balaban J connectivity index is 2.91. The SMILES string of the molecule is CC(=O)NC1C(O)OC(CO)C(O)C1OC(C)C(=O)NC(C)C(=O)NC(CCC(=O)NC(CCCC(N)C(N)=O)C(=O)NC(C)C(=O)NC(C)C(=O)O)C(=O)O. The lowest BCUT2D eigenvalue weighted by molar-refractivity contribution is -0.266. The van der Waals surface area contributed by atoms with Crippen molar-refractivity contribution in [2.45, 2.75) is 140 Å². The fraction of sp³-hybridized carbons (Fsp3) is 0.719. The van der Waals surface area contributed by atoms with Crippen LogP contribution in [-0.4, -0.2) is 158 Å². The van der Waals surface area contributed by atoms with E-state index in [9.17, 15) is 63.6 Å². The van der Waals surface area contributed by atoms with E-state index in [1.54, 1.807) is 0 Å². The maximum atomic E-state index is 13.1. The minimum atomic E-state index is -1.73. The third kappa shape index (κ3) is 16.0. The number of carbonyl (C=O) groups excluding carboxylic acids is 7. The van der Waals surface area contributed by atoms with Crippen molar-refractivity contribution in [3.05, 3.63) is 0 Å². The number of aliphatic hydroxyl groups is 3. The molecule has 0 aromatic rings. The van der Waals surface area contributed by atoms with Crippen LogP contribution in [0.1, 0.15) is 66.7 Å². The molecule has 1 heterocycles. The molecule has 12 unspecified atom stereocenters. The van der Waals surface area contributed by atoms with Gasteiger partial charge in [-0.3, -0.25) is 38.4 Å². The van der Waals surface area contributed by atoms with Gasteiger partial charge in [-0.05, 0) is 53.4 Å². The number of carboxylic acid groups (broad SMARTS) is 2. The molecule has 0 aromatic carbocycles. The molecule has 56 heavy (non-hydrogen) atoms. The molecule has 0 spiro atoms. The Hall–Kier alpha value is -5.01. The first-order chi connectivity index (χ1) is 26.0. The number of hydrogen-bond donors (Lipinski definition) is 13. The highest BCUT2D eigenvalue weighted by atomic mass is 16.6. The molecule has 15 N–H and O–H groups in total. The molecule has 0 radical (unpaired) electrons. The number of ether oxygens (including phenoxy) is 2. The second-order valence-electron chi connectivity index (χ2n) is 13.2. The number of aliphatic hydroxyl groups excluding tert-OH is 3. The van der Waals surface area contributed by atoms with Gasteiger partial charge in [-0.15, -0.1) is 0 Å². The lowest BCUT2D eigenvalue weighted by atomic mass is 9.96. The average molecular weight is 807 g/mol. The zero-order valence-electron chi connectivity index (χ0n) is 31.6. The van der Waals surface area contributed by atoms with Crippen LogP contribution in [0.3, 0.4) is 0 Å². The summed E-state index contributed by atoms with van der Waals surface area (Å²) in [6.07, 6.45) is -8.61. The maximum Gasteiger partial charge on any atom is 0.326 e. The number of amides is 7. The van der Waals surface area contributed by atoms with Crippen molar-refractivity contribution in [3.8, 4) is 0 Å². The van der Waals surface area contributed by atoms with Gasteiger partial charge in [-0.1, -0.05) is 0 Å². The lowest BCUT2D eigenvalue weighted by Gasteiger charge is -2.43. The van der Waals surface area contributed by atoms with E-state index in [1.165, 1.54) is 27.7 Å². The predicted octanol–water partition coefficient (Wildman–Crippen LogP) is -6.25. The predicted molar refractivity (Wildman–Crippen MR) is 188 cm³/mol. The molecule has 1 rings (SSSR count). The first kappa shape index (κ1) is 49.0. The van der Waals surface area contributed by atoms with E-state index in [0.29, 0.717) is 0 Å². The summed E-state index contributed by atoms with van der Waals surface area (Å²) >= 11 is 0. The lowest BCUT2D eigenvalue weighted by Crippen LogP contribution is -2.65. The monoisotopic (exact) mass is 806 g/mol. The molecule has 0 aliphatic carbocycles. The van der Waals surface area contributed by atoms with E-state index in [4.69, 9.17) is 26.0 Å². The van der Waals surface area contributed by atoms with E-state index >= 15 is 0 Å². The Morgan fingerprint density at radius 2 is 1.29 bits per heavy atom. The highest BCUT2D eigenvalue weighted by Gasteiger charge is 2.47. The van der Waals surface area contributed by atoms with Gasteiger partial charge in [0.25, 0.3) is 0 Å². The molecule has 1 aliphatic heterocycles. The molecule has 0 aromatic heterocycles. The standard InChI is InChI=1S/C32H54N8O16/c1-12(26(46)37-14(3)30(50)51)36-29(49)18(8-6-7-17(33)25(34)45)39-21(43)10-9-19(31(52)53)40-27(47)13(2)35-28(48)15(4)55-24-22(38-16(5)42)32(54)56-20(11-41)23(24)44/h12-15,17-20,22-24,32,41,44,54H,6-11,33H2,1-5H3,(H2,34,45)(H,35,48)(H,36,49)(H,37,46)(H,38,42)(H,39,43)(H,40,47)(H,50,51)(H,52,53). The Morgan fingerprint density at radius 3 is 1.80 bits per heavy atom. The van der Waals surface area contributed by atoms with Gasteiger partial charge in [0.15, 0.2) is 6.29 Å². The van der Waals surface area contributed by atoms with Crippen molar-refractivity contribution in [2.24, 2.45) is 11.5 Å². The Bertz CT molecular complexity index is 1430. The number of hydrogen-bond acceptors (Lipinski definition) is 15. The zero-order valence-corrected chi connectivity index (χ0v) is 31.6. The normalized spacial score (nSPS) is 23.0. The summed E-state index contributed by atoms with van der Waals surface area (Å²) in [6.45, 7) is 5.27. The van der Waals surface area contributed by atoms with Gasteiger partial charge in [0, 0.05) is 13.3 Å². The third-order valence-corrected chi connectivity index (χ3v) is 8.51. The van der Waals surface area contributed by atoms with Crippen LogP contribution in [0.25, 0.3) is 0 Å². The van der Waals surface area contributed by atoms with Crippen LogP contribution in [0.5, 0.6) is 0 Å². The van der Waals surface area contributed by atoms with Crippen LogP contribution in [0.4, 0.5) is 0 Å². The van der Waals surface area contributed by atoms with Crippen LogP contribution in [-0.2, 0) is 52.6 Å². The van der Waals surface area contributed by atoms with E-state index in [0.717, 1.165) is 6.92 Å². The highest BCUT2D eigenvalue weighted by Crippen LogP contribution is 2.24. The summed E-state index contributed by atoms with van der Waals surface area (Å²) in [5, 5.41) is 62.8. The Morgan fingerprint density at radius 1 is 0.732 bits per heavy atom. The van der Waals surface area contributed by atoms with Crippen LogP contribution >= 0.6 is 0 Å². The topological polar surface area (TPSA) is 397 Å². The van der Waals surface area contributed by atoms with Crippen LogP contribution in [0, 0.1) is 0 Å². The molecule has 24 heteroatoms. The second-order valence-corrected chi connectivity index (χ2v) is 13.2. The van der Waals surface area contributed by atoms with E-state index in [-0.39, 0.29) is 19.3 Å². The second kappa shape index (κ2) is 23.2. The minimum absolute atomic E-state index is 0.0241. The van der Waals surface area contributed by atoms with Crippen molar-refractivity contribution in [3.63, 3.8) is 0 Å². The van der Waals surface area contributed by atoms with Crippen molar-refractivity contribution in [1.29, 1.82) is 0 Å². The Kier molecular flexibility index (Phi) is 20.3. The number of primary amides is 1. The molecule has 24 nitrogen and oxygen atoms in total. The first-order valence-electron chi connectivity index (χ1n) is 17.6. The van der Waals surface area contributed by atoms with Gasteiger partial charge >= 0.3 is 11.9 Å². The van der Waals surface area contributed by atoms with Gasteiger partial charge in [-0.25, -0.2) is 4.79 Å². The summed E-state index contributed by atoms with van der Waals surface area (Å²) in [4.78, 5) is 110. The Labute approximate surface area is 321 Å². The summed E-state index contributed by atoms with van der Waals surface area (Å²) in [5.74, 6) is -8.82. The number of aliphatic carboxylic acids is 2. The zero-order chi connectivity index (χ0) is 43.0. The van der Waals surface area contributed by atoms with Gasteiger partial charge in [0.05, 0.1) is 12.6 Å². The smallest absolute Gasteiger partial charge is 0.326 e. The maximum absolute atomic E-state index is 13.1. The third-order valence-electron chi connectivity index (χ3n) is 8.51. The van der Waals surface area contributed by atoms with E-state index in [2.05, 4.69) is 31.9 Å². The molecule has 1 saturated heterocycles. The molecular weight excluding hydrogens is 752 g/mol. The summed E-state index contributed by atoms with van der Waals surface area (Å²) in [7, 11) is 0. The molecular formula is C32H54N8O16. The molecule has 318 valence electrons. The average Bonchev–Trinajstić information content (AvgIpc) is 3.11. The van der Waals surface area contributed by atoms with Crippen molar-refractivity contribution < 1.29 is 78.2 Å². The number of nitrogens with one attached hydrogen (secondary N) is 6. The van der Waals surface area contributed by atoms with Crippen LogP contribution in [0.15, 0.2) is 0 Å². The fourth-order valence-electron chi connectivity index (χ4n) is 5.16. The molecule has 1 fully saturated rings. The minimum Gasteiger partial charge on any atom is -0.480 e. The van der Waals surface area contributed by atoms with Crippen LogP contribution < -0.4 is 43.4 Å². The van der Waals surface area contributed by atoms with Crippen molar-refractivity contribution in [1.82, 2.24) is 31.9 Å². The fourth-order valence-corrected chi connectivity index (χ4v) is 5.16. The molecule has 0 saturated carbocycles. The summed E-state index contributed by atoms with van der Waals surface area (Å²) in [5.41, 5.74) is 10.8. The molecule has 0 bridgehead atoms.